The Morgan fingerprint density at radius 3 is 2.72 bits per heavy atom. The van der Waals surface area contributed by atoms with Crippen LogP contribution in [0.2, 0.25) is 0 Å². The number of carbonyl (C=O) groups is 2. The quantitative estimate of drug-likeness (QED) is 0.483. The lowest BCUT2D eigenvalue weighted by atomic mass is 10.0. The molecular formula is C20H16N2O7S3. The van der Waals surface area contributed by atoms with Crippen molar-refractivity contribution in [3.63, 3.8) is 0 Å². The molecule has 1 N–H and O–H groups in total. The topological polar surface area (TPSA) is 120 Å². The van der Waals surface area contributed by atoms with Crippen molar-refractivity contribution in [3.8, 4) is 0 Å². The van der Waals surface area contributed by atoms with Crippen LogP contribution in [0.3, 0.4) is 0 Å². The van der Waals surface area contributed by atoms with E-state index in [0.29, 0.717) is 17.8 Å². The fourth-order valence-electron chi connectivity index (χ4n) is 2.94. The van der Waals surface area contributed by atoms with Gasteiger partial charge in [0, 0.05) is 12.0 Å². The van der Waals surface area contributed by atoms with Crippen molar-refractivity contribution in [2.24, 2.45) is 4.40 Å². The van der Waals surface area contributed by atoms with E-state index < -0.39 is 21.9 Å². The summed E-state index contributed by atoms with van der Waals surface area (Å²) in [4.78, 5) is 24.4. The highest BCUT2D eigenvalue weighted by Gasteiger charge is 2.33. The van der Waals surface area contributed by atoms with Crippen LogP contribution in [0.15, 0.2) is 73.6 Å². The number of rotatable bonds is 6. The zero-order valence-electron chi connectivity index (χ0n) is 16.6. The van der Waals surface area contributed by atoms with E-state index in [-0.39, 0.29) is 26.6 Å². The molecular weight excluding hydrogens is 476 g/mol. The molecule has 1 aromatic carbocycles. The second kappa shape index (κ2) is 9.18. The van der Waals surface area contributed by atoms with Crippen molar-refractivity contribution in [2.75, 3.05) is 13.9 Å². The maximum Gasteiger partial charge on any atom is 0.349 e. The number of thioether (sulfide) groups is 1. The Labute approximate surface area is 191 Å². The van der Waals surface area contributed by atoms with E-state index in [1.165, 1.54) is 17.7 Å². The lowest BCUT2D eigenvalue weighted by molar-refractivity contribution is -0.115. The van der Waals surface area contributed by atoms with Gasteiger partial charge in [0.1, 0.15) is 16.0 Å². The molecule has 12 heteroatoms. The fourth-order valence-corrected chi connectivity index (χ4v) is 6.33. The number of allylic oxidation sites excluding steroid dienone is 1. The van der Waals surface area contributed by atoms with E-state index in [9.17, 15) is 18.0 Å². The van der Waals surface area contributed by atoms with E-state index in [0.717, 1.165) is 35.8 Å². The van der Waals surface area contributed by atoms with Crippen LogP contribution in [0, 0.1) is 0 Å². The molecule has 0 unspecified atom stereocenters. The van der Waals surface area contributed by atoms with E-state index in [4.69, 9.17) is 9.47 Å². The van der Waals surface area contributed by atoms with Crippen LogP contribution >= 0.6 is 23.1 Å². The number of amidine groups is 1. The molecule has 9 nitrogen and oxygen atoms in total. The average molecular weight is 493 g/mol. The first-order valence-corrected chi connectivity index (χ1v) is 12.2. The van der Waals surface area contributed by atoms with Gasteiger partial charge in [-0.3, -0.25) is 10.1 Å². The predicted molar refractivity (Wildman–Crippen MR) is 118 cm³/mol. The maximum absolute atomic E-state index is 12.8. The monoisotopic (exact) mass is 492 g/mol. The van der Waals surface area contributed by atoms with Crippen molar-refractivity contribution in [3.05, 3.63) is 74.7 Å². The highest BCUT2D eigenvalue weighted by Crippen LogP contribution is 2.35. The lowest BCUT2D eigenvalue weighted by Gasteiger charge is -2.09. The Kier molecular flexibility index (Phi) is 6.35. The summed E-state index contributed by atoms with van der Waals surface area (Å²) in [6.45, 7) is 0.0248. The molecule has 1 fully saturated rings. The van der Waals surface area contributed by atoms with Crippen molar-refractivity contribution in [2.45, 2.75) is 11.3 Å². The molecule has 1 aromatic heterocycles. The van der Waals surface area contributed by atoms with Gasteiger partial charge in [0.2, 0.25) is 6.79 Å². The normalized spacial score (nSPS) is 18.6. The Bertz CT molecular complexity index is 1260. The van der Waals surface area contributed by atoms with Crippen molar-refractivity contribution in [1.29, 1.82) is 0 Å². The van der Waals surface area contributed by atoms with Crippen LogP contribution < -0.4 is 5.32 Å². The van der Waals surface area contributed by atoms with Crippen LogP contribution in [0.4, 0.5) is 0 Å². The SMILES string of the molecule is COC(=O)c1sccc1S(=O)(=O)N=C1NC(=O)C(=C(Cc2ccccc2)C2=COCO2)S1. The number of amides is 1. The molecule has 0 atom stereocenters. The first kappa shape index (κ1) is 22.1. The van der Waals surface area contributed by atoms with Gasteiger partial charge in [-0.25, -0.2) is 4.79 Å². The van der Waals surface area contributed by atoms with Gasteiger partial charge in [0.25, 0.3) is 15.9 Å². The number of esters is 1. The Morgan fingerprint density at radius 2 is 2.03 bits per heavy atom. The number of sulfonamides is 1. The molecule has 4 rings (SSSR count). The van der Waals surface area contributed by atoms with Crippen molar-refractivity contribution in [1.82, 2.24) is 5.32 Å². The van der Waals surface area contributed by atoms with Gasteiger partial charge in [-0.1, -0.05) is 30.3 Å². The number of nitrogens with zero attached hydrogens (tertiary/aromatic N) is 1. The summed E-state index contributed by atoms with van der Waals surface area (Å²) in [5, 5.41) is 3.80. The van der Waals surface area contributed by atoms with Crippen LogP contribution in [0.25, 0.3) is 0 Å². The zero-order chi connectivity index (χ0) is 22.7. The Balaban J connectivity index is 1.69. The molecule has 0 saturated carbocycles. The second-order valence-corrected chi connectivity index (χ2v) is 9.90. The van der Waals surface area contributed by atoms with Crippen LogP contribution in [0.5, 0.6) is 0 Å². The number of carbonyl (C=O) groups excluding carboxylic acids is 2. The molecule has 1 saturated heterocycles. The fraction of sp³-hybridized carbons (Fsp3) is 0.150. The number of methoxy groups -OCH3 is 1. The molecule has 0 spiro atoms. The zero-order valence-corrected chi connectivity index (χ0v) is 19.0. The van der Waals surface area contributed by atoms with Crippen LogP contribution in [-0.2, 0) is 35.4 Å². The summed E-state index contributed by atoms with van der Waals surface area (Å²) >= 11 is 1.80. The highest BCUT2D eigenvalue weighted by atomic mass is 32.2. The molecule has 166 valence electrons. The number of thiophene rings is 1. The lowest BCUT2D eigenvalue weighted by Crippen LogP contribution is -2.21. The third kappa shape index (κ3) is 4.56. The average Bonchev–Trinajstić information content (AvgIpc) is 3.53. The van der Waals surface area contributed by atoms with Gasteiger partial charge in [-0.2, -0.15) is 8.42 Å². The molecule has 3 heterocycles. The van der Waals surface area contributed by atoms with Gasteiger partial charge in [0.05, 0.1) is 12.0 Å². The molecule has 2 aliphatic rings. The predicted octanol–water partition coefficient (Wildman–Crippen LogP) is 2.78. The number of benzene rings is 1. The molecule has 1 amide bonds. The van der Waals surface area contributed by atoms with Crippen LogP contribution in [-0.4, -0.2) is 39.4 Å². The van der Waals surface area contributed by atoms with E-state index in [1.807, 2.05) is 30.3 Å². The minimum Gasteiger partial charge on any atom is -0.465 e. The Morgan fingerprint density at radius 1 is 1.25 bits per heavy atom. The van der Waals surface area contributed by atoms with E-state index >= 15 is 0 Å². The molecule has 2 aromatic rings. The van der Waals surface area contributed by atoms with E-state index in [2.05, 4.69) is 14.5 Å². The summed E-state index contributed by atoms with van der Waals surface area (Å²) in [6.07, 6.45) is 1.78. The summed E-state index contributed by atoms with van der Waals surface area (Å²) in [7, 11) is -3.11. The van der Waals surface area contributed by atoms with Gasteiger partial charge in [-0.05, 0) is 28.8 Å². The third-order valence-corrected chi connectivity index (χ3v) is 7.86. The summed E-state index contributed by atoms with van der Waals surface area (Å²) < 4.78 is 44.6. The largest absolute Gasteiger partial charge is 0.465 e. The molecule has 0 bridgehead atoms. The number of nitrogens with one attached hydrogen (secondary N) is 1. The van der Waals surface area contributed by atoms with Crippen molar-refractivity contribution >= 4 is 50.2 Å². The third-order valence-electron chi connectivity index (χ3n) is 4.37. The Hall–Kier alpha value is -3.09. The van der Waals surface area contributed by atoms with Crippen molar-refractivity contribution < 1.29 is 32.2 Å². The second-order valence-electron chi connectivity index (χ2n) is 6.41. The van der Waals surface area contributed by atoms with Gasteiger partial charge < -0.3 is 14.2 Å². The highest BCUT2D eigenvalue weighted by molar-refractivity contribution is 8.19. The molecule has 0 radical (unpaired) electrons. The number of hydrogen-bond acceptors (Lipinski definition) is 9. The van der Waals surface area contributed by atoms with Crippen LogP contribution in [0.1, 0.15) is 15.2 Å². The standard InChI is InChI=1S/C20H16N2O7S3/c1-27-19(24)17-15(7-8-30-17)32(25,26)22-20-21-18(23)16(31-20)13(14-10-28-11-29-14)9-12-5-3-2-4-6-12/h2-8,10H,9,11H2,1H3,(H,21,22,23). The van der Waals surface area contributed by atoms with E-state index in [1.54, 1.807) is 0 Å². The first-order chi connectivity index (χ1) is 15.4. The molecule has 32 heavy (non-hydrogen) atoms. The number of ether oxygens (including phenoxy) is 3. The summed E-state index contributed by atoms with van der Waals surface area (Å²) in [5.74, 6) is -0.899. The van der Waals surface area contributed by atoms with Gasteiger partial charge in [-0.15, -0.1) is 15.7 Å². The maximum atomic E-state index is 12.8. The number of hydrogen-bond donors (Lipinski definition) is 1. The smallest absolute Gasteiger partial charge is 0.349 e. The minimum absolute atomic E-state index is 0.0248. The molecule has 2 aliphatic heterocycles. The summed E-state index contributed by atoms with van der Waals surface area (Å²) in [5.41, 5.74) is 1.48. The first-order valence-electron chi connectivity index (χ1n) is 9.11. The van der Waals surface area contributed by atoms with Gasteiger partial charge in [0.15, 0.2) is 10.9 Å². The minimum atomic E-state index is -4.27. The molecule has 0 aliphatic carbocycles. The van der Waals surface area contributed by atoms with Gasteiger partial charge >= 0.3 is 5.97 Å². The summed E-state index contributed by atoms with van der Waals surface area (Å²) in [6, 6.07) is 10.7.